The fourth-order valence-electron chi connectivity index (χ4n) is 3.90. The second-order valence-corrected chi connectivity index (χ2v) is 7.21. The first kappa shape index (κ1) is 18.5. The van der Waals surface area contributed by atoms with E-state index in [2.05, 4.69) is 10.2 Å². The van der Waals surface area contributed by atoms with Gasteiger partial charge >= 0.3 is 0 Å². The summed E-state index contributed by atoms with van der Waals surface area (Å²) in [6.45, 7) is 1.81. The number of aromatic nitrogens is 2. The maximum absolute atomic E-state index is 12.9. The van der Waals surface area contributed by atoms with Crippen LogP contribution in [-0.4, -0.2) is 47.4 Å². The minimum Gasteiger partial charge on any atom is -0.486 e. The van der Waals surface area contributed by atoms with Gasteiger partial charge < -0.3 is 23.5 Å². The lowest BCUT2D eigenvalue weighted by Crippen LogP contribution is -2.34. The number of carbonyl (C=O) groups is 1. The quantitative estimate of drug-likeness (QED) is 0.642. The van der Waals surface area contributed by atoms with E-state index in [9.17, 15) is 4.79 Å². The highest BCUT2D eigenvalue weighted by atomic mass is 16.6. The van der Waals surface area contributed by atoms with E-state index >= 15 is 0 Å². The van der Waals surface area contributed by atoms with Crippen LogP contribution in [0.3, 0.4) is 0 Å². The van der Waals surface area contributed by atoms with Gasteiger partial charge in [-0.2, -0.15) is 0 Å². The van der Waals surface area contributed by atoms with Gasteiger partial charge in [-0.1, -0.05) is 6.07 Å². The zero-order valence-electron chi connectivity index (χ0n) is 16.3. The molecule has 3 aromatic rings. The first-order valence-corrected chi connectivity index (χ1v) is 9.96. The molecule has 1 amide bonds. The van der Waals surface area contributed by atoms with E-state index in [-0.39, 0.29) is 18.6 Å². The van der Waals surface area contributed by atoms with Gasteiger partial charge in [-0.3, -0.25) is 4.79 Å². The molecule has 0 saturated carbocycles. The zero-order valence-corrected chi connectivity index (χ0v) is 16.3. The molecule has 5 rings (SSSR count). The molecule has 0 spiro atoms. The van der Waals surface area contributed by atoms with Crippen molar-refractivity contribution in [2.24, 2.45) is 0 Å². The van der Waals surface area contributed by atoms with Crippen LogP contribution in [-0.2, 0) is 4.79 Å². The Kier molecular flexibility index (Phi) is 4.96. The smallest absolute Gasteiger partial charge is 0.261 e. The van der Waals surface area contributed by atoms with E-state index in [0.717, 1.165) is 42.0 Å². The minimum absolute atomic E-state index is 0.0129. The van der Waals surface area contributed by atoms with Gasteiger partial charge in [0.15, 0.2) is 18.1 Å². The van der Waals surface area contributed by atoms with Crippen molar-refractivity contribution in [1.29, 1.82) is 0 Å². The molecule has 2 aliphatic heterocycles. The number of likely N-dealkylation sites (tertiary alicyclic amines) is 1. The fraction of sp³-hybridized carbons (Fsp3) is 0.318. The second-order valence-electron chi connectivity index (χ2n) is 7.21. The van der Waals surface area contributed by atoms with Gasteiger partial charge in [0.25, 0.3) is 5.91 Å². The average molecular weight is 407 g/mol. The summed E-state index contributed by atoms with van der Waals surface area (Å²) in [6, 6.07) is 13.2. The summed E-state index contributed by atoms with van der Waals surface area (Å²) in [6.07, 6.45) is 3.17. The van der Waals surface area contributed by atoms with Crippen LogP contribution < -0.4 is 14.2 Å². The van der Waals surface area contributed by atoms with Gasteiger partial charge in [-0.05, 0) is 54.8 Å². The first-order valence-electron chi connectivity index (χ1n) is 9.96. The zero-order chi connectivity index (χ0) is 20.3. The third-order valence-electron chi connectivity index (χ3n) is 5.35. The van der Waals surface area contributed by atoms with Crippen molar-refractivity contribution in [3.05, 3.63) is 54.4 Å². The number of nitrogens with zero attached hydrogens (tertiary/aromatic N) is 3. The van der Waals surface area contributed by atoms with Crippen molar-refractivity contribution in [2.75, 3.05) is 26.4 Å². The van der Waals surface area contributed by atoms with Gasteiger partial charge in [-0.25, -0.2) is 0 Å². The van der Waals surface area contributed by atoms with Gasteiger partial charge in [0.1, 0.15) is 19.0 Å². The van der Waals surface area contributed by atoms with Crippen LogP contribution in [0.4, 0.5) is 0 Å². The number of fused-ring (bicyclic) bond motifs is 1. The van der Waals surface area contributed by atoms with Crippen LogP contribution in [0.1, 0.15) is 24.4 Å². The monoisotopic (exact) mass is 407 g/mol. The van der Waals surface area contributed by atoms with E-state index in [1.54, 1.807) is 12.1 Å². The maximum Gasteiger partial charge on any atom is 0.261 e. The largest absolute Gasteiger partial charge is 0.486 e. The molecule has 8 heteroatoms. The highest BCUT2D eigenvalue weighted by Crippen LogP contribution is 2.38. The molecule has 0 N–H and O–H groups in total. The van der Waals surface area contributed by atoms with E-state index in [4.69, 9.17) is 18.6 Å². The van der Waals surface area contributed by atoms with Gasteiger partial charge in [-0.15, -0.1) is 10.2 Å². The number of rotatable bonds is 5. The third-order valence-corrected chi connectivity index (χ3v) is 5.35. The standard InChI is InChI=1S/C22H21N3O5/c26-21(13-29-17-6-3-15(4-7-17)22-24-23-14-30-22)25-9-1-2-18(25)16-5-8-19-20(12-16)28-11-10-27-19/h3-8,12,14,18H,1-2,9-11,13H2. The van der Waals surface area contributed by atoms with E-state index in [1.165, 1.54) is 6.39 Å². The molecule has 30 heavy (non-hydrogen) atoms. The number of benzene rings is 2. The molecule has 1 unspecified atom stereocenters. The number of carbonyl (C=O) groups excluding carboxylic acids is 1. The van der Waals surface area contributed by atoms with Gasteiger partial charge in [0.2, 0.25) is 12.3 Å². The lowest BCUT2D eigenvalue weighted by Gasteiger charge is -2.26. The molecular formula is C22H21N3O5. The average Bonchev–Trinajstić information content (AvgIpc) is 3.50. The Morgan fingerprint density at radius 1 is 1.10 bits per heavy atom. The lowest BCUT2D eigenvalue weighted by atomic mass is 10.0. The van der Waals surface area contributed by atoms with Crippen LogP contribution in [0, 0.1) is 0 Å². The van der Waals surface area contributed by atoms with Crippen LogP contribution >= 0.6 is 0 Å². The molecule has 2 aliphatic rings. The van der Waals surface area contributed by atoms with Gasteiger partial charge in [0, 0.05) is 12.1 Å². The molecular weight excluding hydrogens is 386 g/mol. The van der Waals surface area contributed by atoms with Crippen LogP contribution in [0.15, 0.2) is 53.3 Å². The van der Waals surface area contributed by atoms with Crippen LogP contribution in [0.25, 0.3) is 11.5 Å². The van der Waals surface area contributed by atoms with Crippen molar-refractivity contribution < 1.29 is 23.4 Å². The summed E-state index contributed by atoms with van der Waals surface area (Å²) in [4.78, 5) is 14.7. The Balaban J connectivity index is 1.23. The molecule has 3 heterocycles. The molecule has 8 nitrogen and oxygen atoms in total. The Labute approximate surface area is 173 Å². The minimum atomic E-state index is -0.0339. The number of ether oxygens (including phenoxy) is 3. The molecule has 1 atom stereocenters. The van der Waals surface area contributed by atoms with Crippen molar-refractivity contribution in [2.45, 2.75) is 18.9 Å². The first-order chi connectivity index (χ1) is 14.8. The summed E-state index contributed by atoms with van der Waals surface area (Å²) >= 11 is 0. The highest BCUT2D eigenvalue weighted by molar-refractivity contribution is 5.78. The number of amides is 1. The predicted molar refractivity (Wildman–Crippen MR) is 106 cm³/mol. The Hall–Kier alpha value is -3.55. The van der Waals surface area contributed by atoms with Crippen LogP contribution in [0.5, 0.6) is 17.2 Å². The topological polar surface area (TPSA) is 86.9 Å². The normalized spacial score (nSPS) is 17.7. The number of hydrogen-bond donors (Lipinski definition) is 0. The molecule has 0 aliphatic carbocycles. The van der Waals surface area contributed by atoms with Crippen molar-refractivity contribution in [3.63, 3.8) is 0 Å². The summed E-state index contributed by atoms with van der Waals surface area (Å²) in [5, 5.41) is 7.54. The van der Waals surface area contributed by atoms with Crippen molar-refractivity contribution >= 4 is 5.91 Å². The van der Waals surface area contributed by atoms with Crippen molar-refractivity contribution in [1.82, 2.24) is 15.1 Å². The Bertz CT molecular complexity index is 1020. The lowest BCUT2D eigenvalue weighted by molar-refractivity contribution is -0.134. The molecule has 0 bridgehead atoms. The molecule has 1 saturated heterocycles. The van der Waals surface area contributed by atoms with E-state index in [0.29, 0.717) is 24.9 Å². The molecule has 1 aromatic heterocycles. The summed E-state index contributed by atoms with van der Waals surface area (Å²) in [5.41, 5.74) is 1.86. The summed E-state index contributed by atoms with van der Waals surface area (Å²) < 4.78 is 22.2. The highest BCUT2D eigenvalue weighted by Gasteiger charge is 2.31. The molecule has 154 valence electrons. The van der Waals surface area contributed by atoms with E-state index in [1.807, 2.05) is 35.2 Å². The molecule has 1 fully saturated rings. The van der Waals surface area contributed by atoms with E-state index < -0.39 is 0 Å². The third kappa shape index (κ3) is 3.68. The predicted octanol–water partition coefficient (Wildman–Crippen LogP) is 3.25. The van der Waals surface area contributed by atoms with Gasteiger partial charge in [0.05, 0.1) is 6.04 Å². The maximum atomic E-state index is 12.9. The second kappa shape index (κ2) is 8.06. The summed E-state index contributed by atoms with van der Waals surface area (Å²) in [7, 11) is 0. The SMILES string of the molecule is O=C(COc1ccc(-c2nnco2)cc1)N1CCCC1c1ccc2c(c1)OCCO2. The Morgan fingerprint density at radius 3 is 2.73 bits per heavy atom. The fourth-order valence-corrected chi connectivity index (χ4v) is 3.90. The summed E-state index contributed by atoms with van der Waals surface area (Å²) in [5.74, 6) is 2.52. The van der Waals surface area contributed by atoms with Crippen molar-refractivity contribution in [3.8, 4) is 28.7 Å². The Morgan fingerprint density at radius 2 is 1.93 bits per heavy atom. The van der Waals surface area contributed by atoms with Crippen LogP contribution in [0.2, 0.25) is 0 Å². The molecule has 0 radical (unpaired) electrons. The number of hydrogen-bond acceptors (Lipinski definition) is 7. The molecule has 2 aromatic carbocycles.